The summed E-state index contributed by atoms with van der Waals surface area (Å²) in [5.74, 6) is 0.777. The Morgan fingerprint density at radius 3 is 2.52 bits per heavy atom. The number of carbonyl (C=O) groups excluding carboxylic acids is 1. The molecule has 2 rings (SSSR count). The van der Waals surface area contributed by atoms with Crippen LogP contribution in [0.15, 0.2) is 41.1 Å². The predicted octanol–water partition coefficient (Wildman–Crippen LogP) is 3.46. The second kappa shape index (κ2) is 10.2. The van der Waals surface area contributed by atoms with Gasteiger partial charge in [-0.15, -0.1) is 11.3 Å². The van der Waals surface area contributed by atoms with E-state index in [1.54, 1.807) is 16.2 Å². The normalized spacial score (nSPS) is 10.9. The summed E-state index contributed by atoms with van der Waals surface area (Å²) >= 11 is 1.56. The number of likely N-dealkylation sites (N-methyl/N-ethyl adjacent to an activating group) is 2. The van der Waals surface area contributed by atoms with E-state index in [2.05, 4.69) is 43.1 Å². The molecule has 25 heavy (non-hydrogen) atoms. The lowest BCUT2D eigenvalue weighted by atomic mass is 10.1. The van der Waals surface area contributed by atoms with Gasteiger partial charge in [0.25, 0.3) is 5.91 Å². The van der Waals surface area contributed by atoms with Crippen LogP contribution < -0.4 is 4.74 Å². The Kier molecular flexibility index (Phi) is 7.95. The third kappa shape index (κ3) is 7.28. The minimum Gasteiger partial charge on any atom is -0.483 e. The average molecular weight is 361 g/mol. The molecule has 4 nitrogen and oxygen atoms in total. The van der Waals surface area contributed by atoms with Gasteiger partial charge in [-0.1, -0.05) is 29.8 Å². The Labute approximate surface area is 155 Å². The number of thiophene rings is 1. The fraction of sp³-hybridized carbons (Fsp3) is 0.450. The molecule has 0 unspecified atom stereocenters. The van der Waals surface area contributed by atoms with Crippen molar-refractivity contribution < 1.29 is 9.53 Å². The highest BCUT2D eigenvalue weighted by molar-refractivity contribution is 7.08. The first-order chi connectivity index (χ1) is 12.0. The second-order valence-corrected chi connectivity index (χ2v) is 7.24. The molecule has 0 aliphatic heterocycles. The van der Waals surface area contributed by atoms with Gasteiger partial charge in [-0.05, 0) is 50.4 Å². The van der Waals surface area contributed by atoms with Crippen molar-refractivity contribution in [3.05, 3.63) is 52.2 Å². The lowest BCUT2D eigenvalue weighted by molar-refractivity contribution is -0.132. The fourth-order valence-electron chi connectivity index (χ4n) is 2.45. The SMILES string of the molecule is Cc1ccc(CCCN(C)CCN(C)C(=O)COc2ccsc2)cc1. The van der Waals surface area contributed by atoms with Crippen LogP contribution in [0, 0.1) is 6.92 Å². The highest BCUT2D eigenvalue weighted by atomic mass is 32.1. The number of nitrogens with zero attached hydrogens (tertiary/aromatic N) is 2. The topological polar surface area (TPSA) is 32.8 Å². The van der Waals surface area contributed by atoms with Crippen LogP contribution >= 0.6 is 11.3 Å². The van der Waals surface area contributed by atoms with Crippen molar-refractivity contribution in [3.8, 4) is 5.75 Å². The first-order valence-corrected chi connectivity index (χ1v) is 9.62. The third-order valence-corrected chi connectivity index (χ3v) is 4.89. The molecule has 0 aliphatic rings. The summed E-state index contributed by atoms with van der Waals surface area (Å²) in [5.41, 5.74) is 2.69. The van der Waals surface area contributed by atoms with Crippen LogP contribution in [0.3, 0.4) is 0 Å². The van der Waals surface area contributed by atoms with Gasteiger partial charge in [0.2, 0.25) is 0 Å². The number of hydrogen-bond donors (Lipinski definition) is 0. The van der Waals surface area contributed by atoms with Crippen molar-refractivity contribution in [1.29, 1.82) is 0 Å². The molecule has 0 aliphatic carbocycles. The average Bonchev–Trinajstić information content (AvgIpc) is 3.13. The van der Waals surface area contributed by atoms with E-state index in [1.165, 1.54) is 11.1 Å². The molecule has 0 fully saturated rings. The minimum absolute atomic E-state index is 0.0132. The van der Waals surface area contributed by atoms with Gasteiger partial charge < -0.3 is 14.5 Å². The number of amides is 1. The summed E-state index contributed by atoms with van der Waals surface area (Å²) in [6.07, 6.45) is 2.21. The molecular weight excluding hydrogens is 332 g/mol. The van der Waals surface area contributed by atoms with Crippen LogP contribution in [0.1, 0.15) is 17.5 Å². The zero-order chi connectivity index (χ0) is 18.1. The summed E-state index contributed by atoms with van der Waals surface area (Å²) in [5, 5.41) is 3.84. The van der Waals surface area contributed by atoms with Gasteiger partial charge in [-0.2, -0.15) is 0 Å². The van der Waals surface area contributed by atoms with Gasteiger partial charge in [0.05, 0.1) is 0 Å². The van der Waals surface area contributed by atoms with Gasteiger partial charge in [0, 0.05) is 25.5 Å². The van der Waals surface area contributed by atoms with Crippen molar-refractivity contribution >= 4 is 17.2 Å². The maximum absolute atomic E-state index is 12.1. The van der Waals surface area contributed by atoms with Gasteiger partial charge in [0.1, 0.15) is 5.75 Å². The number of benzene rings is 1. The van der Waals surface area contributed by atoms with E-state index < -0.39 is 0 Å². The molecular formula is C20H28N2O2S. The third-order valence-electron chi connectivity index (χ3n) is 4.23. The number of aryl methyl sites for hydroxylation is 2. The molecule has 5 heteroatoms. The Morgan fingerprint density at radius 1 is 1.08 bits per heavy atom. The van der Waals surface area contributed by atoms with Gasteiger partial charge in [-0.3, -0.25) is 4.79 Å². The van der Waals surface area contributed by atoms with E-state index in [-0.39, 0.29) is 12.5 Å². The standard InChI is InChI=1S/C20H28N2O2S/c1-17-6-8-18(9-7-17)5-4-11-21(2)12-13-22(3)20(23)15-24-19-10-14-25-16-19/h6-10,14,16H,4-5,11-13,15H2,1-3H3. The quantitative estimate of drug-likeness (QED) is 0.650. The van der Waals surface area contributed by atoms with Gasteiger partial charge in [-0.25, -0.2) is 0 Å². The van der Waals surface area contributed by atoms with Crippen LogP contribution in [0.25, 0.3) is 0 Å². The second-order valence-electron chi connectivity index (χ2n) is 6.46. The molecule has 1 aromatic carbocycles. The summed E-state index contributed by atoms with van der Waals surface area (Å²) < 4.78 is 5.46. The molecule has 0 saturated heterocycles. The van der Waals surface area contributed by atoms with E-state index in [9.17, 15) is 4.79 Å². The van der Waals surface area contributed by atoms with Crippen molar-refractivity contribution in [3.63, 3.8) is 0 Å². The van der Waals surface area contributed by atoms with E-state index >= 15 is 0 Å². The Hall–Kier alpha value is -1.85. The smallest absolute Gasteiger partial charge is 0.260 e. The lowest BCUT2D eigenvalue weighted by Gasteiger charge is -2.22. The van der Waals surface area contributed by atoms with Crippen molar-refractivity contribution in [2.24, 2.45) is 0 Å². The van der Waals surface area contributed by atoms with Crippen molar-refractivity contribution in [1.82, 2.24) is 9.80 Å². The summed E-state index contributed by atoms with van der Waals surface area (Å²) in [6.45, 7) is 4.83. The minimum atomic E-state index is 0.0132. The fourth-order valence-corrected chi connectivity index (χ4v) is 3.03. The molecule has 136 valence electrons. The van der Waals surface area contributed by atoms with Crippen LogP contribution in [0.4, 0.5) is 0 Å². The summed E-state index contributed by atoms with van der Waals surface area (Å²) in [4.78, 5) is 16.1. The van der Waals surface area contributed by atoms with E-state index in [4.69, 9.17) is 4.74 Å². The lowest BCUT2D eigenvalue weighted by Crippen LogP contribution is -2.37. The number of ether oxygens (including phenoxy) is 1. The number of rotatable bonds is 10. The van der Waals surface area contributed by atoms with E-state index in [0.717, 1.165) is 31.7 Å². The Morgan fingerprint density at radius 2 is 1.84 bits per heavy atom. The van der Waals surface area contributed by atoms with E-state index in [0.29, 0.717) is 6.54 Å². The largest absolute Gasteiger partial charge is 0.483 e. The number of hydrogen-bond acceptors (Lipinski definition) is 4. The molecule has 0 saturated carbocycles. The zero-order valence-electron chi connectivity index (χ0n) is 15.4. The predicted molar refractivity (Wildman–Crippen MR) is 104 cm³/mol. The first-order valence-electron chi connectivity index (χ1n) is 8.67. The number of carbonyl (C=O) groups is 1. The van der Waals surface area contributed by atoms with Crippen LogP contribution in [-0.4, -0.2) is 56.0 Å². The summed E-state index contributed by atoms with van der Waals surface area (Å²) in [6, 6.07) is 10.6. The molecule has 0 spiro atoms. The Balaban J connectivity index is 1.59. The maximum atomic E-state index is 12.1. The highest BCUT2D eigenvalue weighted by Gasteiger charge is 2.10. The first kappa shape index (κ1) is 19.5. The molecule has 0 atom stereocenters. The zero-order valence-corrected chi connectivity index (χ0v) is 16.2. The van der Waals surface area contributed by atoms with Gasteiger partial charge >= 0.3 is 0 Å². The molecule has 0 N–H and O–H groups in total. The van der Waals surface area contributed by atoms with E-state index in [1.807, 2.05) is 23.9 Å². The highest BCUT2D eigenvalue weighted by Crippen LogP contribution is 2.14. The van der Waals surface area contributed by atoms with Crippen LogP contribution in [0.5, 0.6) is 5.75 Å². The monoisotopic (exact) mass is 360 g/mol. The molecule has 0 bridgehead atoms. The maximum Gasteiger partial charge on any atom is 0.260 e. The molecule has 1 heterocycles. The Bertz CT molecular complexity index is 626. The molecule has 1 aromatic heterocycles. The van der Waals surface area contributed by atoms with Crippen LogP contribution in [-0.2, 0) is 11.2 Å². The van der Waals surface area contributed by atoms with Crippen molar-refractivity contribution in [2.75, 3.05) is 40.3 Å². The van der Waals surface area contributed by atoms with Crippen molar-refractivity contribution in [2.45, 2.75) is 19.8 Å². The molecule has 1 amide bonds. The van der Waals surface area contributed by atoms with Gasteiger partial charge in [0.15, 0.2) is 6.61 Å². The summed E-state index contributed by atoms with van der Waals surface area (Å²) in [7, 11) is 3.94. The van der Waals surface area contributed by atoms with Crippen LogP contribution in [0.2, 0.25) is 0 Å². The molecule has 2 aromatic rings. The molecule has 0 radical (unpaired) electrons.